The van der Waals surface area contributed by atoms with Crippen molar-refractivity contribution in [2.75, 3.05) is 13.2 Å². The number of hydrogen-bond acceptors (Lipinski definition) is 2. The van der Waals surface area contributed by atoms with E-state index in [0.717, 1.165) is 32.1 Å². The van der Waals surface area contributed by atoms with Crippen LogP contribution in [0.3, 0.4) is 0 Å². The Bertz CT molecular complexity index is 420. The second-order valence-electron chi connectivity index (χ2n) is 5.88. The van der Waals surface area contributed by atoms with Crippen LogP contribution in [0.15, 0.2) is 25.6 Å². The van der Waals surface area contributed by atoms with Gasteiger partial charge >= 0.3 is 0 Å². The van der Waals surface area contributed by atoms with Crippen LogP contribution in [0.2, 0.25) is 0 Å². The van der Waals surface area contributed by atoms with Gasteiger partial charge in [0.05, 0.1) is 8.95 Å². The van der Waals surface area contributed by atoms with Gasteiger partial charge in [0.1, 0.15) is 12.4 Å². The zero-order valence-electron chi connectivity index (χ0n) is 12.4. The van der Waals surface area contributed by atoms with Gasteiger partial charge in [-0.25, -0.2) is 0 Å². The van der Waals surface area contributed by atoms with Gasteiger partial charge in [0, 0.05) is 10.5 Å². The molecular weight excluding hydrogens is 450 g/mol. The molecule has 1 atom stereocenters. The third kappa shape index (κ3) is 5.66. The third-order valence-corrected chi connectivity index (χ3v) is 4.68. The molecule has 1 aromatic carbocycles. The minimum Gasteiger partial charge on any atom is -0.490 e. The first kappa shape index (κ1) is 18.5. The monoisotopic (exact) mass is 469 g/mol. The van der Waals surface area contributed by atoms with Gasteiger partial charge in [-0.1, -0.05) is 43.6 Å². The maximum absolute atomic E-state index is 6.03. The molecule has 0 aliphatic heterocycles. The molecule has 0 aliphatic rings. The Balaban J connectivity index is 2.77. The average Bonchev–Trinajstić information content (AvgIpc) is 2.29. The van der Waals surface area contributed by atoms with Crippen LogP contribution in [0.25, 0.3) is 0 Å². The Morgan fingerprint density at radius 2 is 1.70 bits per heavy atom. The minimum absolute atomic E-state index is 0.156. The zero-order chi connectivity index (χ0) is 15.3. The molecule has 1 N–H and O–H groups in total. The second-order valence-corrected chi connectivity index (χ2v) is 8.51. The van der Waals surface area contributed by atoms with Crippen LogP contribution in [-0.4, -0.2) is 19.2 Å². The number of halogens is 3. The fourth-order valence-corrected chi connectivity index (χ4v) is 4.25. The highest BCUT2D eigenvalue weighted by Crippen LogP contribution is 2.36. The van der Waals surface area contributed by atoms with E-state index in [1.165, 1.54) is 0 Å². The maximum Gasteiger partial charge on any atom is 0.147 e. The Labute approximate surface area is 147 Å². The molecule has 0 spiro atoms. The lowest BCUT2D eigenvalue weighted by atomic mass is 9.87. The van der Waals surface area contributed by atoms with Crippen LogP contribution in [0.1, 0.15) is 34.1 Å². The fourth-order valence-electron chi connectivity index (χ4n) is 1.77. The molecule has 0 fully saturated rings. The third-order valence-electron chi connectivity index (χ3n) is 3.04. The Morgan fingerprint density at radius 1 is 1.15 bits per heavy atom. The Morgan fingerprint density at radius 3 is 2.15 bits per heavy atom. The van der Waals surface area contributed by atoms with Crippen molar-refractivity contribution in [3.63, 3.8) is 0 Å². The summed E-state index contributed by atoms with van der Waals surface area (Å²) in [4.78, 5) is 0. The molecule has 114 valence electrons. The quantitative estimate of drug-likeness (QED) is 0.568. The van der Waals surface area contributed by atoms with Crippen molar-refractivity contribution >= 4 is 47.8 Å². The molecule has 1 unspecified atom stereocenters. The first-order chi connectivity index (χ1) is 9.25. The van der Waals surface area contributed by atoms with Crippen LogP contribution < -0.4 is 10.1 Å². The van der Waals surface area contributed by atoms with Crippen molar-refractivity contribution in [1.82, 2.24) is 5.32 Å². The number of ether oxygens (including phenoxy) is 1. The van der Waals surface area contributed by atoms with Gasteiger partial charge in [-0.15, -0.1) is 0 Å². The molecule has 0 aliphatic carbocycles. The van der Waals surface area contributed by atoms with E-state index in [2.05, 4.69) is 80.8 Å². The molecule has 0 heterocycles. The summed E-state index contributed by atoms with van der Waals surface area (Å²) in [7, 11) is 0. The van der Waals surface area contributed by atoms with Crippen molar-refractivity contribution in [2.24, 2.45) is 5.41 Å². The molecule has 2 nitrogen and oxygen atoms in total. The predicted molar refractivity (Wildman–Crippen MR) is 96.6 cm³/mol. The van der Waals surface area contributed by atoms with Crippen LogP contribution in [0.4, 0.5) is 0 Å². The second kappa shape index (κ2) is 8.16. The fraction of sp³-hybridized carbons (Fsp3) is 0.600. The molecule has 0 saturated carbocycles. The molecule has 1 aromatic rings. The lowest BCUT2D eigenvalue weighted by Gasteiger charge is -2.31. The number of hydrogen-bond donors (Lipinski definition) is 1. The Kier molecular flexibility index (Phi) is 7.53. The minimum atomic E-state index is 0.156. The lowest BCUT2D eigenvalue weighted by molar-refractivity contribution is 0.173. The van der Waals surface area contributed by atoms with Crippen LogP contribution in [-0.2, 0) is 0 Å². The van der Waals surface area contributed by atoms with E-state index >= 15 is 0 Å². The number of nitrogens with one attached hydrogen (secondary N) is 1. The average molecular weight is 472 g/mol. The summed E-state index contributed by atoms with van der Waals surface area (Å²) in [5.74, 6) is 0.848. The summed E-state index contributed by atoms with van der Waals surface area (Å²) in [5, 5.41) is 3.57. The predicted octanol–water partition coefficient (Wildman–Crippen LogP) is 5.77. The van der Waals surface area contributed by atoms with Gasteiger partial charge in [-0.2, -0.15) is 0 Å². The largest absolute Gasteiger partial charge is 0.490 e. The number of benzene rings is 1. The summed E-state index contributed by atoms with van der Waals surface area (Å²) in [6, 6.07) is 4.29. The van der Waals surface area contributed by atoms with Crippen LogP contribution in [0.5, 0.6) is 5.75 Å². The van der Waals surface area contributed by atoms with E-state index in [9.17, 15) is 0 Å². The van der Waals surface area contributed by atoms with E-state index in [4.69, 9.17) is 4.74 Å². The zero-order valence-corrected chi connectivity index (χ0v) is 17.2. The highest BCUT2D eigenvalue weighted by atomic mass is 79.9. The van der Waals surface area contributed by atoms with E-state index in [1.807, 2.05) is 12.1 Å². The summed E-state index contributed by atoms with van der Waals surface area (Å²) in [6.07, 6.45) is 1.12. The molecule has 20 heavy (non-hydrogen) atoms. The van der Waals surface area contributed by atoms with Crippen molar-refractivity contribution in [3.8, 4) is 5.75 Å². The topological polar surface area (TPSA) is 21.3 Å². The molecule has 0 aromatic heterocycles. The maximum atomic E-state index is 6.03. The number of rotatable bonds is 6. The van der Waals surface area contributed by atoms with E-state index in [1.54, 1.807) is 0 Å². The van der Waals surface area contributed by atoms with Crippen LogP contribution in [0, 0.1) is 5.41 Å². The molecule has 5 heteroatoms. The van der Waals surface area contributed by atoms with Gasteiger partial charge in [0.15, 0.2) is 0 Å². The standard InChI is InChI=1S/C15H22Br3NO/c1-5-6-19-13(15(2,3)4)9-20-14-11(17)7-10(16)8-12(14)18/h7-8,13,19H,5-6,9H2,1-4H3. The van der Waals surface area contributed by atoms with Gasteiger partial charge in [-0.05, 0) is 62.4 Å². The smallest absolute Gasteiger partial charge is 0.147 e. The van der Waals surface area contributed by atoms with Crippen molar-refractivity contribution in [1.29, 1.82) is 0 Å². The lowest BCUT2D eigenvalue weighted by Crippen LogP contribution is -2.45. The SMILES string of the molecule is CCCNC(COc1c(Br)cc(Br)cc1Br)C(C)(C)C. The highest BCUT2D eigenvalue weighted by molar-refractivity contribution is 9.11. The first-order valence-corrected chi connectivity index (χ1v) is 9.14. The normalized spacial score (nSPS) is 13.3. The van der Waals surface area contributed by atoms with E-state index in [-0.39, 0.29) is 5.41 Å². The summed E-state index contributed by atoms with van der Waals surface area (Å²) in [5.41, 5.74) is 0.156. The van der Waals surface area contributed by atoms with Gasteiger partial charge in [0.25, 0.3) is 0 Å². The molecule has 1 rings (SSSR count). The van der Waals surface area contributed by atoms with Crippen molar-refractivity contribution < 1.29 is 4.74 Å². The summed E-state index contributed by atoms with van der Waals surface area (Å²) in [6.45, 7) is 10.5. The molecule has 0 amide bonds. The van der Waals surface area contributed by atoms with E-state index < -0.39 is 0 Å². The van der Waals surface area contributed by atoms with Crippen molar-refractivity contribution in [3.05, 3.63) is 25.6 Å². The van der Waals surface area contributed by atoms with Gasteiger partial charge < -0.3 is 10.1 Å². The Hall–Kier alpha value is 0.420. The molecule has 0 radical (unpaired) electrons. The van der Waals surface area contributed by atoms with Crippen LogP contribution >= 0.6 is 47.8 Å². The van der Waals surface area contributed by atoms with E-state index in [0.29, 0.717) is 12.6 Å². The van der Waals surface area contributed by atoms with Crippen molar-refractivity contribution in [2.45, 2.75) is 40.2 Å². The van der Waals surface area contributed by atoms with Gasteiger partial charge in [-0.3, -0.25) is 0 Å². The summed E-state index contributed by atoms with van der Waals surface area (Å²) < 4.78 is 8.94. The summed E-state index contributed by atoms with van der Waals surface area (Å²) >= 11 is 10.6. The molecule has 0 bridgehead atoms. The molecular formula is C15H22Br3NO. The first-order valence-electron chi connectivity index (χ1n) is 6.76. The molecule has 0 saturated heterocycles. The highest BCUT2D eigenvalue weighted by Gasteiger charge is 2.25. The van der Waals surface area contributed by atoms with Gasteiger partial charge in [0.2, 0.25) is 0 Å².